The van der Waals surface area contributed by atoms with Gasteiger partial charge in [0.25, 0.3) is 0 Å². The van der Waals surface area contributed by atoms with Gasteiger partial charge in [0, 0.05) is 5.02 Å². The fraction of sp³-hybridized carbons (Fsp3) is 0.294. The summed E-state index contributed by atoms with van der Waals surface area (Å²) < 4.78 is 0. The monoisotopic (exact) mass is 332 g/mol. The maximum absolute atomic E-state index is 12.8. The average molecular weight is 333 g/mol. The van der Waals surface area contributed by atoms with Crippen molar-refractivity contribution in [2.24, 2.45) is 0 Å². The summed E-state index contributed by atoms with van der Waals surface area (Å²) in [6, 6.07) is 11.4. The molecule has 0 saturated heterocycles. The van der Waals surface area contributed by atoms with Crippen LogP contribution in [0, 0.1) is 0 Å². The molecule has 1 amide bonds. The lowest BCUT2D eigenvalue weighted by molar-refractivity contribution is -0.124. The standard InChI is InChI=1S/C17H17ClN2OS/c1-22-15-7-6-14(11-19-15)20-16(21)17(8-3-9-17)12-4-2-5-13(18)10-12/h2,4-7,10-11H,3,8-9H2,1H3,(H,20,21). The van der Waals surface area contributed by atoms with Gasteiger partial charge in [-0.1, -0.05) is 30.2 Å². The number of carbonyl (C=O) groups excluding carboxylic acids is 1. The van der Waals surface area contributed by atoms with E-state index in [1.807, 2.05) is 42.7 Å². The van der Waals surface area contributed by atoms with E-state index in [0.29, 0.717) is 5.02 Å². The third-order valence-corrected chi connectivity index (χ3v) is 5.12. The normalized spacial score (nSPS) is 15.9. The van der Waals surface area contributed by atoms with Crippen molar-refractivity contribution >= 4 is 35.0 Å². The van der Waals surface area contributed by atoms with Crippen molar-refractivity contribution in [1.82, 2.24) is 4.98 Å². The molecule has 1 aromatic carbocycles. The predicted octanol–water partition coefficient (Wildman–Crippen LogP) is 4.52. The van der Waals surface area contributed by atoms with Crippen LogP contribution in [0.3, 0.4) is 0 Å². The molecule has 0 atom stereocenters. The lowest BCUT2D eigenvalue weighted by atomic mass is 9.64. The number of benzene rings is 1. The molecule has 1 fully saturated rings. The molecule has 5 heteroatoms. The van der Waals surface area contributed by atoms with Crippen LogP contribution in [0.4, 0.5) is 5.69 Å². The quantitative estimate of drug-likeness (QED) is 0.837. The molecule has 0 radical (unpaired) electrons. The summed E-state index contributed by atoms with van der Waals surface area (Å²) in [7, 11) is 0. The Labute approximate surface area is 139 Å². The van der Waals surface area contributed by atoms with Gasteiger partial charge in [0.05, 0.1) is 22.3 Å². The zero-order chi connectivity index (χ0) is 15.6. The maximum atomic E-state index is 12.8. The molecular weight excluding hydrogens is 316 g/mol. The van der Waals surface area contributed by atoms with Gasteiger partial charge in [-0.2, -0.15) is 0 Å². The Kier molecular flexibility index (Phi) is 4.41. The molecule has 1 heterocycles. The second kappa shape index (κ2) is 6.31. The van der Waals surface area contributed by atoms with Crippen molar-refractivity contribution in [1.29, 1.82) is 0 Å². The van der Waals surface area contributed by atoms with Crippen molar-refractivity contribution in [2.75, 3.05) is 11.6 Å². The minimum absolute atomic E-state index is 0.0275. The van der Waals surface area contributed by atoms with E-state index in [1.165, 1.54) is 0 Å². The lowest BCUT2D eigenvalue weighted by Crippen LogP contribution is -2.46. The molecule has 0 aliphatic heterocycles. The van der Waals surface area contributed by atoms with Crippen molar-refractivity contribution in [3.05, 3.63) is 53.2 Å². The van der Waals surface area contributed by atoms with E-state index >= 15 is 0 Å². The van der Waals surface area contributed by atoms with Crippen LogP contribution in [-0.4, -0.2) is 17.1 Å². The number of hydrogen-bond acceptors (Lipinski definition) is 3. The Morgan fingerprint density at radius 2 is 2.14 bits per heavy atom. The van der Waals surface area contributed by atoms with E-state index < -0.39 is 5.41 Å². The number of halogens is 1. The summed E-state index contributed by atoms with van der Waals surface area (Å²) in [5, 5.41) is 4.61. The van der Waals surface area contributed by atoms with Crippen LogP contribution in [0.25, 0.3) is 0 Å². The van der Waals surface area contributed by atoms with E-state index in [0.717, 1.165) is 35.5 Å². The van der Waals surface area contributed by atoms with Gasteiger partial charge in [-0.3, -0.25) is 4.79 Å². The average Bonchev–Trinajstić information content (AvgIpc) is 2.47. The lowest BCUT2D eigenvalue weighted by Gasteiger charge is -2.40. The first-order valence-corrected chi connectivity index (χ1v) is 8.82. The molecular formula is C17H17ClN2OS. The van der Waals surface area contributed by atoms with E-state index in [1.54, 1.807) is 18.0 Å². The number of rotatable bonds is 4. The largest absolute Gasteiger partial charge is 0.324 e. The first kappa shape index (κ1) is 15.4. The first-order valence-electron chi connectivity index (χ1n) is 7.22. The molecule has 22 heavy (non-hydrogen) atoms. The molecule has 1 aromatic heterocycles. The molecule has 3 nitrogen and oxygen atoms in total. The van der Waals surface area contributed by atoms with Gasteiger partial charge in [0.15, 0.2) is 0 Å². The van der Waals surface area contributed by atoms with Gasteiger partial charge in [-0.25, -0.2) is 4.98 Å². The Morgan fingerprint density at radius 1 is 1.32 bits per heavy atom. The van der Waals surface area contributed by atoms with E-state index in [9.17, 15) is 4.79 Å². The Hall–Kier alpha value is -1.52. The number of amides is 1. The highest BCUT2D eigenvalue weighted by atomic mass is 35.5. The number of nitrogens with one attached hydrogen (secondary N) is 1. The number of nitrogens with zero attached hydrogens (tertiary/aromatic N) is 1. The highest BCUT2D eigenvalue weighted by Gasteiger charge is 2.45. The van der Waals surface area contributed by atoms with Crippen molar-refractivity contribution in [2.45, 2.75) is 29.7 Å². The summed E-state index contributed by atoms with van der Waals surface area (Å²) in [4.78, 5) is 17.1. The summed E-state index contributed by atoms with van der Waals surface area (Å²) in [5.74, 6) is 0.0275. The molecule has 1 saturated carbocycles. The number of hydrogen-bond donors (Lipinski definition) is 1. The van der Waals surface area contributed by atoms with Gasteiger partial charge in [-0.05, 0) is 48.9 Å². The predicted molar refractivity (Wildman–Crippen MR) is 91.6 cm³/mol. The molecule has 114 valence electrons. The Balaban J connectivity index is 1.82. The topological polar surface area (TPSA) is 42.0 Å². The molecule has 0 spiro atoms. The Morgan fingerprint density at radius 3 is 2.68 bits per heavy atom. The van der Waals surface area contributed by atoms with Crippen LogP contribution in [0.5, 0.6) is 0 Å². The summed E-state index contributed by atoms with van der Waals surface area (Å²) in [5.41, 5.74) is 1.27. The molecule has 2 aromatic rings. The fourth-order valence-electron chi connectivity index (χ4n) is 2.79. The number of pyridine rings is 1. The molecule has 0 unspecified atom stereocenters. The van der Waals surface area contributed by atoms with Crippen molar-refractivity contribution in [3.8, 4) is 0 Å². The van der Waals surface area contributed by atoms with Gasteiger partial charge >= 0.3 is 0 Å². The van der Waals surface area contributed by atoms with Crippen LogP contribution < -0.4 is 5.32 Å². The van der Waals surface area contributed by atoms with Crippen molar-refractivity contribution < 1.29 is 4.79 Å². The summed E-state index contributed by atoms with van der Waals surface area (Å²) in [6.45, 7) is 0. The third kappa shape index (κ3) is 2.85. The molecule has 0 bridgehead atoms. The number of thioether (sulfide) groups is 1. The van der Waals surface area contributed by atoms with Crippen LogP contribution in [0.2, 0.25) is 5.02 Å². The van der Waals surface area contributed by atoms with Gasteiger partial charge in [0.1, 0.15) is 0 Å². The van der Waals surface area contributed by atoms with Gasteiger partial charge in [0.2, 0.25) is 5.91 Å². The Bertz CT molecular complexity index is 683. The minimum atomic E-state index is -0.455. The van der Waals surface area contributed by atoms with Gasteiger partial charge in [-0.15, -0.1) is 11.8 Å². The smallest absolute Gasteiger partial charge is 0.235 e. The van der Waals surface area contributed by atoms with Crippen LogP contribution in [0.15, 0.2) is 47.6 Å². The zero-order valence-electron chi connectivity index (χ0n) is 12.3. The SMILES string of the molecule is CSc1ccc(NC(=O)C2(c3cccc(Cl)c3)CCC2)cn1. The van der Waals surface area contributed by atoms with Crippen LogP contribution in [-0.2, 0) is 10.2 Å². The van der Waals surface area contributed by atoms with Crippen LogP contribution >= 0.6 is 23.4 Å². The molecule has 1 N–H and O–H groups in total. The van der Waals surface area contributed by atoms with Crippen molar-refractivity contribution in [3.63, 3.8) is 0 Å². The zero-order valence-corrected chi connectivity index (χ0v) is 13.9. The van der Waals surface area contributed by atoms with E-state index in [-0.39, 0.29) is 5.91 Å². The highest BCUT2D eigenvalue weighted by molar-refractivity contribution is 7.98. The molecule has 3 rings (SSSR count). The van der Waals surface area contributed by atoms with E-state index in [4.69, 9.17) is 11.6 Å². The first-order chi connectivity index (χ1) is 10.6. The third-order valence-electron chi connectivity index (χ3n) is 4.22. The molecule has 1 aliphatic carbocycles. The van der Waals surface area contributed by atoms with E-state index in [2.05, 4.69) is 10.3 Å². The molecule has 1 aliphatic rings. The maximum Gasteiger partial charge on any atom is 0.235 e. The number of carbonyl (C=O) groups is 1. The number of aromatic nitrogens is 1. The second-order valence-electron chi connectivity index (χ2n) is 5.49. The van der Waals surface area contributed by atoms with Crippen LogP contribution in [0.1, 0.15) is 24.8 Å². The minimum Gasteiger partial charge on any atom is -0.324 e. The second-order valence-corrected chi connectivity index (χ2v) is 6.75. The van der Waals surface area contributed by atoms with Gasteiger partial charge < -0.3 is 5.32 Å². The number of anilines is 1. The fourth-order valence-corrected chi connectivity index (χ4v) is 3.34. The highest BCUT2D eigenvalue weighted by Crippen LogP contribution is 2.45. The summed E-state index contributed by atoms with van der Waals surface area (Å²) >= 11 is 7.66. The summed E-state index contributed by atoms with van der Waals surface area (Å²) in [6.07, 6.45) is 6.45.